The van der Waals surface area contributed by atoms with E-state index in [1.165, 1.54) is 12.8 Å². The normalized spacial score (nSPS) is 28.4. The third kappa shape index (κ3) is 3.29. The highest BCUT2D eigenvalue weighted by molar-refractivity contribution is 5.79. The first-order chi connectivity index (χ1) is 7.68. The Bertz CT molecular complexity index is 240. The second-order valence-corrected chi connectivity index (χ2v) is 5.46. The van der Waals surface area contributed by atoms with Crippen LogP contribution in [0.4, 0.5) is 0 Å². The van der Waals surface area contributed by atoms with E-state index in [0.29, 0.717) is 24.7 Å². The fraction of sp³-hybridized carbons (Fsp3) is 0.923. The van der Waals surface area contributed by atoms with Crippen molar-refractivity contribution < 1.29 is 9.53 Å². The van der Waals surface area contributed by atoms with E-state index in [4.69, 9.17) is 10.5 Å². The van der Waals surface area contributed by atoms with E-state index in [-0.39, 0.29) is 5.54 Å². The molecule has 1 aliphatic carbocycles. The Balaban J connectivity index is 1.67. The summed E-state index contributed by atoms with van der Waals surface area (Å²) in [5.41, 5.74) is 6.02. The topological polar surface area (TPSA) is 52.3 Å². The van der Waals surface area contributed by atoms with Gasteiger partial charge in [-0.05, 0) is 32.1 Å². The van der Waals surface area contributed by atoms with Crippen molar-refractivity contribution in [2.24, 2.45) is 5.73 Å². The van der Waals surface area contributed by atoms with Crippen LogP contribution in [0.2, 0.25) is 0 Å². The van der Waals surface area contributed by atoms with Gasteiger partial charge in [-0.2, -0.15) is 0 Å². The molecule has 3 heteroatoms. The Hall–Kier alpha value is -0.410. The molecule has 1 unspecified atom stereocenters. The number of nitrogens with two attached hydrogens (primary N) is 1. The number of rotatable bonds is 5. The molecular formula is C13H23NO2. The van der Waals surface area contributed by atoms with Gasteiger partial charge in [-0.15, -0.1) is 0 Å². The van der Waals surface area contributed by atoms with Crippen molar-refractivity contribution in [2.75, 3.05) is 6.61 Å². The number of ether oxygens (including phenoxy) is 1. The molecule has 0 aromatic rings. The number of ketones is 1. The van der Waals surface area contributed by atoms with E-state index in [2.05, 4.69) is 0 Å². The van der Waals surface area contributed by atoms with Crippen molar-refractivity contribution in [3.05, 3.63) is 0 Å². The minimum Gasteiger partial charge on any atom is -0.378 e. The van der Waals surface area contributed by atoms with Crippen LogP contribution in [0.5, 0.6) is 0 Å². The molecule has 16 heavy (non-hydrogen) atoms. The third-order valence-electron chi connectivity index (χ3n) is 3.92. The minimum atomic E-state index is -0.173. The molecule has 3 nitrogen and oxygen atoms in total. The average Bonchev–Trinajstić information content (AvgIpc) is 2.86. The van der Waals surface area contributed by atoms with E-state index in [1.807, 2.05) is 0 Å². The Kier molecular flexibility index (Phi) is 3.98. The maximum Gasteiger partial charge on any atom is 0.134 e. The largest absolute Gasteiger partial charge is 0.378 e. The van der Waals surface area contributed by atoms with Crippen LogP contribution in [0, 0.1) is 0 Å². The van der Waals surface area contributed by atoms with E-state index >= 15 is 0 Å². The van der Waals surface area contributed by atoms with Crippen molar-refractivity contribution >= 4 is 5.78 Å². The quantitative estimate of drug-likeness (QED) is 0.780. The molecule has 1 heterocycles. The van der Waals surface area contributed by atoms with Crippen LogP contribution in [0.3, 0.4) is 0 Å². The van der Waals surface area contributed by atoms with Gasteiger partial charge in [-0.3, -0.25) is 4.79 Å². The molecule has 1 saturated heterocycles. The molecular weight excluding hydrogens is 202 g/mol. The van der Waals surface area contributed by atoms with Gasteiger partial charge >= 0.3 is 0 Å². The zero-order chi connectivity index (χ0) is 11.4. The van der Waals surface area contributed by atoms with Gasteiger partial charge in [0.25, 0.3) is 0 Å². The summed E-state index contributed by atoms with van der Waals surface area (Å²) in [6.07, 6.45) is 9.18. The number of hydrogen-bond donors (Lipinski definition) is 1. The molecule has 0 amide bonds. The summed E-state index contributed by atoms with van der Waals surface area (Å²) in [5, 5.41) is 0. The first-order valence-electron chi connectivity index (χ1n) is 6.60. The van der Waals surface area contributed by atoms with Crippen LogP contribution in [-0.4, -0.2) is 24.0 Å². The van der Waals surface area contributed by atoms with Crippen molar-refractivity contribution in [1.29, 1.82) is 0 Å². The van der Waals surface area contributed by atoms with Crippen LogP contribution in [0.15, 0.2) is 0 Å². The van der Waals surface area contributed by atoms with Crippen LogP contribution >= 0.6 is 0 Å². The number of Topliss-reactive ketones (excluding diaryl/α,β-unsaturated/α-hetero) is 1. The van der Waals surface area contributed by atoms with Gasteiger partial charge in [0, 0.05) is 25.0 Å². The molecule has 2 aliphatic rings. The van der Waals surface area contributed by atoms with E-state index < -0.39 is 0 Å². The van der Waals surface area contributed by atoms with E-state index in [9.17, 15) is 4.79 Å². The highest BCUT2D eigenvalue weighted by atomic mass is 16.5. The first-order valence-corrected chi connectivity index (χ1v) is 6.60. The zero-order valence-electron chi connectivity index (χ0n) is 10.0. The summed E-state index contributed by atoms with van der Waals surface area (Å²) in [7, 11) is 0. The second-order valence-electron chi connectivity index (χ2n) is 5.46. The lowest BCUT2D eigenvalue weighted by Gasteiger charge is -2.22. The van der Waals surface area contributed by atoms with Crippen LogP contribution < -0.4 is 5.73 Å². The van der Waals surface area contributed by atoms with Gasteiger partial charge in [-0.25, -0.2) is 0 Å². The van der Waals surface area contributed by atoms with Crippen LogP contribution in [0.1, 0.15) is 57.8 Å². The number of carbonyl (C=O) groups is 1. The van der Waals surface area contributed by atoms with Gasteiger partial charge in [0.15, 0.2) is 0 Å². The van der Waals surface area contributed by atoms with Crippen molar-refractivity contribution in [3.8, 4) is 0 Å². The molecule has 2 rings (SSSR count). The Morgan fingerprint density at radius 2 is 2.06 bits per heavy atom. The maximum absolute atomic E-state index is 11.8. The highest BCUT2D eigenvalue weighted by Gasteiger charge is 2.31. The molecule has 0 aromatic carbocycles. The molecule has 92 valence electrons. The van der Waals surface area contributed by atoms with Gasteiger partial charge in [-0.1, -0.05) is 12.8 Å². The smallest absolute Gasteiger partial charge is 0.134 e. The van der Waals surface area contributed by atoms with Gasteiger partial charge in [0.2, 0.25) is 0 Å². The summed E-state index contributed by atoms with van der Waals surface area (Å²) in [5.74, 6) is 0.333. The predicted molar refractivity (Wildman–Crippen MR) is 63.2 cm³/mol. The second kappa shape index (κ2) is 5.28. The fourth-order valence-corrected chi connectivity index (χ4v) is 2.93. The minimum absolute atomic E-state index is 0.173. The van der Waals surface area contributed by atoms with Crippen molar-refractivity contribution in [2.45, 2.75) is 69.4 Å². The lowest BCUT2D eigenvalue weighted by molar-refractivity contribution is -0.120. The molecule has 1 aliphatic heterocycles. The zero-order valence-corrected chi connectivity index (χ0v) is 10.0. The molecule has 0 spiro atoms. The van der Waals surface area contributed by atoms with Crippen molar-refractivity contribution in [3.63, 3.8) is 0 Å². The fourth-order valence-electron chi connectivity index (χ4n) is 2.93. The monoisotopic (exact) mass is 225 g/mol. The van der Waals surface area contributed by atoms with Crippen LogP contribution in [0.25, 0.3) is 0 Å². The summed E-state index contributed by atoms with van der Waals surface area (Å²) < 4.78 is 5.51. The van der Waals surface area contributed by atoms with Crippen molar-refractivity contribution in [1.82, 2.24) is 0 Å². The van der Waals surface area contributed by atoms with Gasteiger partial charge in [0.05, 0.1) is 6.10 Å². The Labute approximate surface area is 97.7 Å². The molecule has 0 radical (unpaired) electrons. The standard InChI is InChI=1S/C13H23NO2/c14-13(7-1-2-8-13)10-11(15)5-6-12-4-3-9-16-12/h12H,1-10,14H2. The average molecular weight is 225 g/mol. The summed E-state index contributed by atoms with van der Waals surface area (Å²) in [4.78, 5) is 11.8. The van der Waals surface area contributed by atoms with Gasteiger partial charge < -0.3 is 10.5 Å². The lowest BCUT2D eigenvalue weighted by Crippen LogP contribution is -2.38. The summed E-state index contributed by atoms with van der Waals surface area (Å²) >= 11 is 0. The van der Waals surface area contributed by atoms with Crippen LogP contribution in [-0.2, 0) is 9.53 Å². The first kappa shape index (κ1) is 12.1. The summed E-state index contributed by atoms with van der Waals surface area (Å²) in [6, 6.07) is 0. The highest BCUT2D eigenvalue weighted by Crippen LogP contribution is 2.31. The lowest BCUT2D eigenvalue weighted by atomic mass is 9.90. The SMILES string of the molecule is NC1(CC(=O)CCC2CCCO2)CCCC1. The number of hydrogen-bond acceptors (Lipinski definition) is 3. The molecule has 2 N–H and O–H groups in total. The number of carbonyl (C=O) groups excluding carboxylic acids is 1. The maximum atomic E-state index is 11.8. The summed E-state index contributed by atoms with van der Waals surface area (Å²) in [6.45, 7) is 0.875. The molecule has 1 atom stereocenters. The predicted octanol–water partition coefficient (Wildman–Crippen LogP) is 2.18. The Morgan fingerprint density at radius 3 is 2.69 bits per heavy atom. The molecule has 2 fully saturated rings. The molecule has 0 bridgehead atoms. The van der Waals surface area contributed by atoms with Gasteiger partial charge in [0.1, 0.15) is 5.78 Å². The Morgan fingerprint density at radius 1 is 1.31 bits per heavy atom. The third-order valence-corrected chi connectivity index (χ3v) is 3.92. The van der Waals surface area contributed by atoms with E-state index in [1.54, 1.807) is 0 Å². The van der Waals surface area contributed by atoms with E-state index in [0.717, 1.165) is 38.7 Å². The molecule has 1 saturated carbocycles. The molecule has 0 aromatic heterocycles.